The fraction of sp³-hybridized carbons (Fsp3) is 0.438. The number of Topliss-reactive ketones (excluding diaryl/α,β-unsaturated/α-hetero) is 1. The first kappa shape index (κ1) is 13.8. The van der Waals surface area contributed by atoms with Crippen LogP contribution in [0.3, 0.4) is 0 Å². The van der Waals surface area contributed by atoms with Gasteiger partial charge in [-0.05, 0) is 18.9 Å². The number of aromatic nitrogens is 2. The van der Waals surface area contributed by atoms with Gasteiger partial charge >= 0.3 is 0 Å². The van der Waals surface area contributed by atoms with Crippen LogP contribution in [0.25, 0.3) is 10.9 Å². The lowest BCUT2D eigenvalue weighted by molar-refractivity contribution is -0.121. The van der Waals surface area contributed by atoms with Crippen molar-refractivity contribution in [2.24, 2.45) is 7.05 Å². The van der Waals surface area contributed by atoms with Gasteiger partial charge in [0.25, 0.3) is 5.91 Å². The quantitative estimate of drug-likeness (QED) is 0.849. The van der Waals surface area contributed by atoms with Crippen LogP contribution in [-0.2, 0) is 11.8 Å². The molecule has 1 aromatic carbocycles. The highest BCUT2D eigenvalue weighted by Gasteiger charge is 2.28. The van der Waals surface area contributed by atoms with Crippen LogP contribution in [0.5, 0.6) is 0 Å². The van der Waals surface area contributed by atoms with Crippen LogP contribution in [0, 0.1) is 0 Å². The Hall–Kier alpha value is -2.17. The molecule has 1 heterocycles. The highest BCUT2D eigenvalue weighted by atomic mass is 16.2. The predicted molar refractivity (Wildman–Crippen MR) is 80.1 cm³/mol. The molecule has 2 aromatic rings. The van der Waals surface area contributed by atoms with Crippen LogP contribution in [0.15, 0.2) is 24.3 Å². The third kappa shape index (κ3) is 2.44. The lowest BCUT2D eigenvalue weighted by Gasteiger charge is -2.30. The number of carbonyl (C=O) groups is 2. The molecule has 0 radical (unpaired) electrons. The smallest absolute Gasteiger partial charge is 0.274 e. The summed E-state index contributed by atoms with van der Waals surface area (Å²) in [4.78, 5) is 25.8. The zero-order valence-corrected chi connectivity index (χ0v) is 12.4. The molecule has 1 saturated carbocycles. The Labute approximate surface area is 123 Å². The van der Waals surface area contributed by atoms with E-state index in [0.29, 0.717) is 24.3 Å². The summed E-state index contributed by atoms with van der Waals surface area (Å²) in [5.74, 6) is 0.238. The average molecular weight is 285 g/mol. The van der Waals surface area contributed by atoms with Gasteiger partial charge in [-0.15, -0.1) is 0 Å². The number of hydrogen-bond donors (Lipinski definition) is 0. The van der Waals surface area contributed by atoms with Crippen molar-refractivity contribution in [2.75, 3.05) is 7.05 Å². The second-order valence-corrected chi connectivity index (χ2v) is 5.68. The largest absolute Gasteiger partial charge is 0.337 e. The van der Waals surface area contributed by atoms with Crippen molar-refractivity contribution in [3.63, 3.8) is 0 Å². The second kappa shape index (κ2) is 5.31. The molecule has 0 N–H and O–H groups in total. The highest BCUT2D eigenvalue weighted by Crippen LogP contribution is 2.23. The number of carbonyl (C=O) groups excluding carboxylic acids is 2. The summed E-state index contributed by atoms with van der Waals surface area (Å²) in [5, 5.41) is 5.26. The Bertz CT molecular complexity index is 695. The minimum absolute atomic E-state index is 0.0638. The number of nitrogens with zero attached hydrogens (tertiary/aromatic N) is 3. The zero-order valence-electron chi connectivity index (χ0n) is 12.4. The Morgan fingerprint density at radius 3 is 2.67 bits per heavy atom. The van der Waals surface area contributed by atoms with Gasteiger partial charge in [0.1, 0.15) is 5.78 Å². The summed E-state index contributed by atoms with van der Waals surface area (Å²) in [5.41, 5.74) is 1.44. The van der Waals surface area contributed by atoms with Crippen molar-refractivity contribution in [3.8, 4) is 0 Å². The molecule has 0 bridgehead atoms. The fourth-order valence-corrected chi connectivity index (χ4v) is 3.02. The minimum Gasteiger partial charge on any atom is -0.337 e. The van der Waals surface area contributed by atoms with Crippen LogP contribution in [0.4, 0.5) is 0 Å². The van der Waals surface area contributed by atoms with Crippen molar-refractivity contribution in [3.05, 3.63) is 30.0 Å². The molecule has 110 valence electrons. The van der Waals surface area contributed by atoms with E-state index < -0.39 is 0 Å². The molecule has 5 heteroatoms. The SMILES string of the molecule is CN(C(=O)c1nn(C)c2ccccc12)C1CCC(=O)CC1. The maximum absolute atomic E-state index is 12.7. The van der Waals surface area contributed by atoms with Crippen LogP contribution < -0.4 is 0 Å². The summed E-state index contributed by atoms with van der Waals surface area (Å²) in [7, 11) is 3.66. The third-order valence-electron chi connectivity index (χ3n) is 4.34. The molecule has 0 spiro atoms. The fourth-order valence-electron chi connectivity index (χ4n) is 3.02. The molecule has 0 aliphatic heterocycles. The predicted octanol–water partition coefficient (Wildman–Crippen LogP) is 2.16. The zero-order chi connectivity index (χ0) is 15.0. The minimum atomic E-state index is -0.0638. The molecule has 1 aliphatic carbocycles. The van der Waals surface area contributed by atoms with Crippen molar-refractivity contribution < 1.29 is 9.59 Å². The molecule has 0 saturated heterocycles. The summed E-state index contributed by atoms with van der Waals surface area (Å²) in [6.45, 7) is 0. The van der Waals surface area contributed by atoms with E-state index >= 15 is 0 Å². The van der Waals surface area contributed by atoms with Crippen molar-refractivity contribution in [2.45, 2.75) is 31.7 Å². The molecule has 1 amide bonds. The molecule has 0 atom stereocenters. The van der Waals surface area contributed by atoms with Gasteiger partial charge in [-0.2, -0.15) is 5.10 Å². The molecular formula is C16H19N3O2. The molecule has 3 rings (SSSR count). The first-order valence-corrected chi connectivity index (χ1v) is 7.28. The van der Waals surface area contributed by atoms with E-state index in [0.717, 1.165) is 23.7 Å². The monoisotopic (exact) mass is 285 g/mol. The van der Waals surface area contributed by atoms with Gasteiger partial charge < -0.3 is 4.90 Å². The maximum atomic E-state index is 12.7. The molecule has 0 unspecified atom stereocenters. The Balaban J connectivity index is 1.88. The third-order valence-corrected chi connectivity index (χ3v) is 4.34. The molecule has 5 nitrogen and oxygen atoms in total. The van der Waals surface area contributed by atoms with Crippen LogP contribution in [0.1, 0.15) is 36.2 Å². The second-order valence-electron chi connectivity index (χ2n) is 5.68. The Morgan fingerprint density at radius 2 is 1.95 bits per heavy atom. The van der Waals surface area contributed by atoms with Crippen LogP contribution in [0.2, 0.25) is 0 Å². The lowest BCUT2D eigenvalue weighted by Crippen LogP contribution is -2.39. The molecule has 1 fully saturated rings. The maximum Gasteiger partial charge on any atom is 0.274 e. The Kier molecular flexibility index (Phi) is 3.49. The lowest BCUT2D eigenvalue weighted by atomic mass is 9.93. The average Bonchev–Trinajstić information content (AvgIpc) is 2.84. The highest BCUT2D eigenvalue weighted by molar-refractivity contribution is 6.04. The summed E-state index contributed by atoms with van der Waals surface area (Å²) < 4.78 is 1.74. The van der Waals surface area contributed by atoms with Crippen molar-refractivity contribution in [1.82, 2.24) is 14.7 Å². The van der Waals surface area contributed by atoms with Gasteiger partial charge in [0.05, 0.1) is 5.52 Å². The number of aryl methyl sites for hydroxylation is 1. The van der Waals surface area contributed by atoms with E-state index in [1.165, 1.54) is 0 Å². The van der Waals surface area contributed by atoms with E-state index in [1.807, 2.05) is 38.4 Å². The first-order valence-electron chi connectivity index (χ1n) is 7.28. The summed E-state index contributed by atoms with van der Waals surface area (Å²) in [6.07, 6.45) is 2.66. The van der Waals surface area contributed by atoms with E-state index in [2.05, 4.69) is 5.10 Å². The number of benzene rings is 1. The van der Waals surface area contributed by atoms with Crippen LogP contribution in [-0.4, -0.2) is 39.5 Å². The topological polar surface area (TPSA) is 55.2 Å². The number of para-hydroxylation sites is 1. The van der Waals surface area contributed by atoms with E-state index in [1.54, 1.807) is 9.58 Å². The molecule has 1 aliphatic rings. The van der Waals surface area contributed by atoms with Gasteiger partial charge in [-0.1, -0.05) is 18.2 Å². The van der Waals surface area contributed by atoms with Crippen LogP contribution >= 0.6 is 0 Å². The summed E-state index contributed by atoms with van der Waals surface area (Å²) >= 11 is 0. The molecule has 21 heavy (non-hydrogen) atoms. The number of hydrogen-bond acceptors (Lipinski definition) is 3. The van der Waals surface area contributed by atoms with Gasteiger partial charge in [0.2, 0.25) is 0 Å². The van der Waals surface area contributed by atoms with Gasteiger partial charge in [-0.3, -0.25) is 14.3 Å². The van der Waals surface area contributed by atoms with Gasteiger partial charge in [-0.25, -0.2) is 0 Å². The molecule has 1 aromatic heterocycles. The number of rotatable bonds is 2. The van der Waals surface area contributed by atoms with Crippen molar-refractivity contribution >= 4 is 22.6 Å². The van der Waals surface area contributed by atoms with Crippen molar-refractivity contribution in [1.29, 1.82) is 0 Å². The Morgan fingerprint density at radius 1 is 1.29 bits per heavy atom. The standard InChI is InChI=1S/C16H19N3O2/c1-18(11-7-9-12(20)10-8-11)16(21)15-13-5-3-4-6-14(13)19(2)17-15/h3-6,11H,7-10H2,1-2H3. The normalized spacial score (nSPS) is 16.4. The van der Waals surface area contributed by atoms with E-state index in [4.69, 9.17) is 0 Å². The number of fused-ring (bicyclic) bond motifs is 1. The van der Waals surface area contributed by atoms with Gasteiger partial charge in [0, 0.05) is 38.4 Å². The summed E-state index contributed by atoms with van der Waals surface area (Å²) in [6, 6.07) is 7.87. The molecular weight excluding hydrogens is 266 g/mol. The van der Waals surface area contributed by atoms with E-state index in [-0.39, 0.29) is 11.9 Å². The van der Waals surface area contributed by atoms with E-state index in [9.17, 15) is 9.59 Å². The number of amides is 1. The first-order chi connectivity index (χ1) is 10.1. The van der Waals surface area contributed by atoms with Gasteiger partial charge in [0.15, 0.2) is 5.69 Å². The number of ketones is 1.